The zero-order chi connectivity index (χ0) is 20.4. The standard InChI is InChI=1S/C20H21Cl2N5OS/c21-15-9-6-10-16(18(15)22)23-17(28)13-26-20(29)27(25-11-4-5-12-25)19(24-26)14-7-2-1-3-8-14/h4-6,9-12,14H,1-3,7-8,13H2,(H,23,28). The second-order valence-corrected chi connectivity index (χ2v) is 8.31. The maximum atomic E-state index is 12.6. The molecule has 0 aliphatic heterocycles. The van der Waals surface area contributed by atoms with Crippen LogP contribution < -0.4 is 5.32 Å². The maximum Gasteiger partial charge on any atom is 0.246 e. The molecule has 3 aromatic rings. The number of nitrogens with one attached hydrogen (secondary N) is 1. The molecule has 152 valence electrons. The second kappa shape index (κ2) is 8.73. The molecule has 29 heavy (non-hydrogen) atoms. The number of halogens is 2. The fourth-order valence-electron chi connectivity index (χ4n) is 3.74. The van der Waals surface area contributed by atoms with Crippen LogP contribution in [0.25, 0.3) is 0 Å². The minimum Gasteiger partial charge on any atom is -0.323 e. The summed E-state index contributed by atoms with van der Waals surface area (Å²) in [7, 11) is 0. The predicted octanol–water partition coefficient (Wildman–Crippen LogP) is 5.52. The van der Waals surface area contributed by atoms with Crippen LogP contribution >= 0.6 is 35.4 Å². The van der Waals surface area contributed by atoms with Crippen molar-refractivity contribution in [1.29, 1.82) is 0 Å². The number of nitrogens with zero attached hydrogens (tertiary/aromatic N) is 4. The molecule has 1 amide bonds. The maximum absolute atomic E-state index is 12.6. The highest BCUT2D eigenvalue weighted by molar-refractivity contribution is 7.71. The molecule has 9 heteroatoms. The summed E-state index contributed by atoms with van der Waals surface area (Å²) in [5.41, 5.74) is 0.466. The van der Waals surface area contributed by atoms with E-state index >= 15 is 0 Å². The lowest BCUT2D eigenvalue weighted by molar-refractivity contribution is -0.116. The Kier molecular flexibility index (Phi) is 6.08. The highest BCUT2D eigenvalue weighted by atomic mass is 35.5. The van der Waals surface area contributed by atoms with Gasteiger partial charge >= 0.3 is 0 Å². The number of anilines is 1. The van der Waals surface area contributed by atoms with E-state index in [1.54, 1.807) is 22.9 Å². The van der Waals surface area contributed by atoms with Gasteiger partial charge in [0.1, 0.15) is 6.54 Å². The zero-order valence-electron chi connectivity index (χ0n) is 15.7. The fourth-order valence-corrected chi connectivity index (χ4v) is 4.38. The van der Waals surface area contributed by atoms with Gasteiger partial charge in [0.05, 0.1) is 15.7 Å². The SMILES string of the molecule is O=C(Cn1nc(C2CCCCC2)n(-n2cccc2)c1=S)Nc1cccc(Cl)c1Cl. The van der Waals surface area contributed by atoms with E-state index in [1.807, 2.05) is 33.9 Å². The molecule has 6 nitrogen and oxygen atoms in total. The van der Waals surface area contributed by atoms with E-state index in [-0.39, 0.29) is 12.5 Å². The zero-order valence-corrected chi connectivity index (χ0v) is 18.1. The normalized spacial score (nSPS) is 14.8. The summed E-state index contributed by atoms with van der Waals surface area (Å²) >= 11 is 17.9. The molecule has 1 saturated carbocycles. The first-order chi connectivity index (χ1) is 14.0. The third-order valence-corrected chi connectivity index (χ3v) is 6.35. The van der Waals surface area contributed by atoms with E-state index < -0.39 is 0 Å². The Labute approximate surface area is 184 Å². The molecule has 1 aliphatic rings. The number of rotatable bonds is 5. The Balaban J connectivity index is 1.63. The van der Waals surface area contributed by atoms with Crippen LogP contribution in [0, 0.1) is 4.77 Å². The quantitative estimate of drug-likeness (QED) is 0.521. The van der Waals surface area contributed by atoms with Crippen molar-refractivity contribution in [1.82, 2.24) is 19.1 Å². The van der Waals surface area contributed by atoms with Gasteiger partial charge in [-0.1, -0.05) is 48.5 Å². The van der Waals surface area contributed by atoms with Crippen molar-refractivity contribution in [2.75, 3.05) is 5.32 Å². The van der Waals surface area contributed by atoms with Crippen molar-refractivity contribution in [3.05, 3.63) is 63.4 Å². The van der Waals surface area contributed by atoms with E-state index in [9.17, 15) is 4.79 Å². The average molecular weight is 450 g/mol. The van der Waals surface area contributed by atoms with Crippen molar-refractivity contribution in [3.8, 4) is 0 Å². The Morgan fingerprint density at radius 1 is 1.14 bits per heavy atom. The molecular formula is C20H21Cl2N5OS. The molecule has 2 heterocycles. The number of hydrogen-bond acceptors (Lipinski definition) is 3. The van der Waals surface area contributed by atoms with Crippen molar-refractivity contribution in [3.63, 3.8) is 0 Å². The van der Waals surface area contributed by atoms with Crippen LogP contribution in [-0.2, 0) is 11.3 Å². The topological polar surface area (TPSA) is 56.8 Å². The Morgan fingerprint density at radius 3 is 2.59 bits per heavy atom. The lowest BCUT2D eigenvalue weighted by atomic mass is 9.89. The molecule has 0 saturated heterocycles. The minimum atomic E-state index is -0.266. The van der Waals surface area contributed by atoms with Gasteiger partial charge in [0.15, 0.2) is 5.82 Å². The minimum absolute atomic E-state index is 0.00430. The lowest BCUT2D eigenvalue weighted by Gasteiger charge is -2.21. The number of carbonyl (C=O) groups excluding carboxylic acids is 1. The number of aromatic nitrogens is 4. The summed E-state index contributed by atoms with van der Waals surface area (Å²) in [5, 5.41) is 8.24. The lowest BCUT2D eigenvalue weighted by Crippen LogP contribution is -2.20. The Morgan fingerprint density at radius 2 is 1.86 bits per heavy atom. The van der Waals surface area contributed by atoms with Crippen LogP contribution in [0.4, 0.5) is 5.69 Å². The predicted molar refractivity (Wildman–Crippen MR) is 117 cm³/mol. The summed E-state index contributed by atoms with van der Waals surface area (Å²) in [6, 6.07) is 8.99. The molecule has 1 aliphatic carbocycles. The smallest absolute Gasteiger partial charge is 0.246 e. The highest BCUT2D eigenvalue weighted by Gasteiger charge is 2.24. The first kappa shape index (κ1) is 20.2. The summed E-state index contributed by atoms with van der Waals surface area (Å²) in [6.07, 6.45) is 9.65. The third kappa shape index (κ3) is 4.27. The summed E-state index contributed by atoms with van der Waals surface area (Å²) in [6.45, 7) is -0.00430. The van der Waals surface area contributed by atoms with Gasteiger partial charge in [-0.2, -0.15) is 5.10 Å². The highest BCUT2D eigenvalue weighted by Crippen LogP contribution is 2.32. The van der Waals surface area contributed by atoms with E-state index in [0.29, 0.717) is 26.4 Å². The number of hydrogen-bond donors (Lipinski definition) is 1. The van der Waals surface area contributed by atoms with Crippen molar-refractivity contribution in [2.45, 2.75) is 44.6 Å². The molecule has 0 bridgehead atoms. The number of carbonyl (C=O) groups is 1. The molecule has 0 spiro atoms. The van der Waals surface area contributed by atoms with E-state index in [0.717, 1.165) is 18.7 Å². The van der Waals surface area contributed by atoms with Gasteiger partial charge in [-0.15, -0.1) is 0 Å². The number of benzene rings is 1. The molecule has 0 atom stereocenters. The van der Waals surface area contributed by atoms with E-state index in [2.05, 4.69) is 5.32 Å². The first-order valence-electron chi connectivity index (χ1n) is 9.62. The summed E-state index contributed by atoms with van der Waals surface area (Å²) in [4.78, 5) is 12.6. The van der Waals surface area contributed by atoms with Crippen LogP contribution in [0.3, 0.4) is 0 Å². The van der Waals surface area contributed by atoms with Gasteiger partial charge in [-0.3, -0.25) is 9.47 Å². The van der Waals surface area contributed by atoms with Crippen LogP contribution in [0.15, 0.2) is 42.7 Å². The van der Waals surface area contributed by atoms with Crippen molar-refractivity contribution in [2.24, 2.45) is 0 Å². The van der Waals surface area contributed by atoms with Crippen LogP contribution in [0.1, 0.15) is 43.8 Å². The van der Waals surface area contributed by atoms with E-state index in [1.165, 1.54) is 19.3 Å². The van der Waals surface area contributed by atoms with Crippen LogP contribution in [0.5, 0.6) is 0 Å². The van der Waals surface area contributed by atoms with Gasteiger partial charge in [0.2, 0.25) is 10.7 Å². The van der Waals surface area contributed by atoms with Gasteiger partial charge in [-0.25, -0.2) is 9.36 Å². The van der Waals surface area contributed by atoms with E-state index in [4.69, 9.17) is 40.5 Å². The van der Waals surface area contributed by atoms with Crippen LogP contribution in [-0.4, -0.2) is 25.0 Å². The summed E-state index contributed by atoms with van der Waals surface area (Å²) < 4.78 is 5.90. The third-order valence-electron chi connectivity index (χ3n) is 5.15. The molecule has 0 radical (unpaired) electrons. The van der Waals surface area contributed by atoms with Crippen molar-refractivity contribution < 1.29 is 4.79 Å². The largest absolute Gasteiger partial charge is 0.323 e. The Hall–Kier alpha value is -2.09. The van der Waals surface area contributed by atoms with Gasteiger partial charge in [0.25, 0.3) is 0 Å². The Bertz CT molecular complexity index is 1070. The summed E-state index contributed by atoms with van der Waals surface area (Å²) in [5.74, 6) is 0.969. The molecule has 1 aromatic carbocycles. The molecule has 4 rings (SSSR count). The second-order valence-electron chi connectivity index (χ2n) is 7.16. The van der Waals surface area contributed by atoms with Gasteiger partial charge in [-0.05, 0) is 49.3 Å². The first-order valence-corrected chi connectivity index (χ1v) is 10.8. The molecule has 2 aromatic heterocycles. The van der Waals surface area contributed by atoms with Crippen LogP contribution in [0.2, 0.25) is 10.0 Å². The van der Waals surface area contributed by atoms with Crippen molar-refractivity contribution >= 4 is 47.0 Å². The number of amides is 1. The average Bonchev–Trinajstić information content (AvgIpc) is 3.35. The molecular weight excluding hydrogens is 429 g/mol. The van der Waals surface area contributed by atoms with Gasteiger partial charge in [0, 0.05) is 18.3 Å². The monoisotopic (exact) mass is 449 g/mol. The fraction of sp³-hybridized carbons (Fsp3) is 0.350. The molecule has 1 fully saturated rings. The van der Waals surface area contributed by atoms with Gasteiger partial charge < -0.3 is 5.32 Å². The molecule has 1 N–H and O–H groups in total. The molecule has 0 unspecified atom stereocenters.